The zero-order chi connectivity index (χ0) is 17.3. The Morgan fingerprint density at radius 1 is 1.08 bits per heavy atom. The molecule has 0 saturated carbocycles. The first-order valence-electron chi connectivity index (χ1n) is 7.11. The molecule has 1 aliphatic rings. The molecule has 1 aromatic carbocycles. The Morgan fingerprint density at radius 3 is 2.38 bits per heavy atom. The van der Waals surface area contributed by atoms with Crippen LogP contribution in [-0.4, -0.2) is 25.0 Å². The van der Waals surface area contributed by atoms with Gasteiger partial charge in [0.2, 0.25) is 0 Å². The number of methoxy groups -OCH3 is 1. The predicted octanol–water partition coefficient (Wildman–Crippen LogP) is 2.26. The predicted molar refractivity (Wildman–Crippen MR) is 85.4 cm³/mol. The number of nitrogens with one attached hydrogen (secondary N) is 1. The molecule has 122 valence electrons. The van der Waals surface area contributed by atoms with Crippen LogP contribution in [0.2, 0.25) is 0 Å². The maximum Gasteiger partial charge on any atom is 0.335 e. The summed E-state index contributed by atoms with van der Waals surface area (Å²) in [7, 11) is 1.51. The van der Waals surface area contributed by atoms with Gasteiger partial charge in [-0.25, -0.2) is 9.69 Å². The van der Waals surface area contributed by atoms with E-state index in [9.17, 15) is 14.4 Å². The largest absolute Gasteiger partial charge is 0.497 e. The molecule has 4 amide bonds. The number of benzene rings is 1. The van der Waals surface area contributed by atoms with Crippen LogP contribution in [-0.2, 0) is 9.59 Å². The first kappa shape index (κ1) is 15.5. The molecular weight excluding hydrogens is 312 g/mol. The van der Waals surface area contributed by atoms with Gasteiger partial charge in [-0.1, -0.05) is 0 Å². The minimum Gasteiger partial charge on any atom is -0.497 e. The number of carbonyl (C=O) groups excluding carboxylic acids is 3. The highest BCUT2D eigenvalue weighted by atomic mass is 16.5. The number of furan rings is 1. The minimum atomic E-state index is -0.803. The summed E-state index contributed by atoms with van der Waals surface area (Å²) in [5.74, 6) is 0.108. The highest BCUT2D eigenvalue weighted by molar-refractivity contribution is 6.39. The Labute approximate surface area is 137 Å². The van der Waals surface area contributed by atoms with Crippen molar-refractivity contribution in [3.8, 4) is 5.75 Å². The quantitative estimate of drug-likeness (QED) is 0.690. The number of carbonyl (C=O) groups is 3. The summed E-state index contributed by atoms with van der Waals surface area (Å²) in [5, 5.41) is 2.15. The molecule has 3 rings (SSSR count). The van der Waals surface area contributed by atoms with E-state index in [1.165, 1.54) is 13.2 Å². The maximum absolute atomic E-state index is 12.6. The molecule has 0 spiro atoms. The Balaban J connectivity index is 1.97. The van der Waals surface area contributed by atoms with E-state index in [2.05, 4.69) is 5.32 Å². The number of hydrogen-bond acceptors (Lipinski definition) is 5. The third kappa shape index (κ3) is 2.79. The van der Waals surface area contributed by atoms with Crippen molar-refractivity contribution >= 4 is 29.6 Å². The zero-order valence-corrected chi connectivity index (χ0v) is 13.0. The topological polar surface area (TPSA) is 88.8 Å². The molecule has 1 saturated heterocycles. The van der Waals surface area contributed by atoms with Crippen LogP contribution in [0.15, 0.2) is 46.4 Å². The Kier molecular flexibility index (Phi) is 3.91. The molecule has 2 heterocycles. The number of nitrogens with zero attached hydrogens (tertiary/aromatic N) is 1. The van der Waals surface area contributed by atoms with E-state index in [4.69, 9.17) is 9.15 Å². The lowest BCUT2D eigenvalue weighted by Crippen LogP contribution is -2.54. The van der Waals surface area contributed by atoms with Gasteiger partial charge in [0, 0.05) is 0 Å². The molecule has 1 N–H and O–H groups in total. The number of aryl methyl sites for hydroxylation is 1. The Hall–Kier alpha value is -3.35. The van der Waals surface area contributed by atoms with E-state index >= 15 is 0 Å². The molecule has 0 atom stereocenters. The van der Waals surface area contributed by atoms with Crippen LogP contribution in [0.5, 0.6) is 5.75 Å². The molecular formula is C17H14N2O5. The molecule has 7 nitrogen and oxygen atoms in total. The number of amides is 4. The second-order valence-electron chi connectivity index (χ2n) is 5.10. The van der Waals surface area contributed by atoms with Gasteiger partial charge in [-0.15, -0.1) is 0 Å². The van der Waals surface area contributed by atoms with Crippen molar-refractivity contribution in [3.63, 3.8) is 0 Å². The average molecular weight is 326 g/mol. The van der Waals surface area contributed by atoms with Crippen LogP contribution in [0.1, 0.15) is 11.5 Å². The fraction of sp³-hybridized carbons (Fsp3) is 0.118. The van der Waals surface area contributed by atoms with Gasteiger partial charge >= 0.3 is 6.03 Å². The number of rotatable bonds is 3. The van der Waals surface area contributed by atoms with Crippen LogP contribution < -0.4 is 15.0 Å². The van der Waals surface area contributed by atoms with Crippen LogP contribution in [0.3, 0.4) is 0 Å². The van der Waals surface area contributed by atoms with Gasteiger partial charge in [0.25, 0.3) is 11.8 Å². The number of urea groups is 1. The fourth-order valence-corrected chi connectivity index (χ4v) is 2.30. The van der Waals surface area contributed by atoms with Crippen LogP contribution >= 0.6 is 0 Å². The second kappa shape index (κ2) is 6.04. The van der Waals surface area contributed by atoms with Crippen molar-refractivity contribution in [2.45, 2.75) is 6.92 Å². The Bertz CT molecular complexity index is 848. The molecule has 0 radical (unpaired) electrons. The standard InChI is InChI=1S/C17H14N2O5/c1-10-3-6-13(24-10)9-14-15(20)18-17(22)19(16(14)21)11-4-7-12(23-2)8-5-11/h3-9H,1-2H3,(H,18,20,22)/b14-9+. The van der Waals surface area contributed by atoms with E-state index in [1.807, 2.05) is 0 Å². The summed E-state index contributed by atoms with van der Waals surface area (Å²) in [6.45, 7) is 1.75. The lowest BCUT2D eigenvalue weighted by atomic mass is 10.1. The van der Waals surface area contributed by atoms with Crippen molar-refractivity contribution in [1.82, 2.24) is 5.32 Å². The summed E-state index contributed by atoms with van der Waals surface area (Å²) in [4.78, 5) is 37.6. The number of ether oxygens (including phenoxy) is 1. The number of barbiturate groups is 1. The van der Waals surface area contributed by atoms with Crippen LogP contribution in [0.4, 0.5) is 10.5 Å². The van der Waals surface area contributed by atoms with E-state index in [-0.39, 0.29) is 5.57 Å². The summed E-state index contributed by atoms with van der Waals surface area (Å²) in [6, 6.07) is 8.89. The van der Waals surface area contributed by atoms with Crippen LogP contribution in [0, 0.1) is 6.92 Å². The molecule has 2 aromatic rings. The molecule has 7 heteroatoms. The Morgan fingerprint density at radius 2 is 1.79 bits per heavy atom. The number of hydrogen-bond donors (Lipinski definition) is 1. The van der Waals surface area contributed by atoms with E-state index in [0.29, 0.717) is 23.0 Å². The monoisotopic (exact) mass is 326 g/mol. The number of imide groups is 2. The lowest BCUT2D eigenvalue weighted by Gasteiger charge is -2.26. The summed E-state index contributed by atoms with van der Waals surface area (Å²) in [6.07, 6.45) is 1.31. The molecule has 1 aromatic heterocycles. The van der Waals surface area contributed by atoms with Gasteiger partial charge in [0.05, 0.1) is 12.8 Å². The SMILES string of the molecule is COc1ccc(N2C(=O)NC(=O)/C(=C\c3ccc(C)o3)C2=O)cc1. The molecule has 1 aliphatic heterocycles. The van der Waals surface area contributed by atoms with Crippen LogP contribution in [0.25, 0.3) is 6.08 Å². The molecule has 1 fully saturated rings. The van der Waals surface area contributed by atoms with Gasteiger partial charge in [-0.3, -0.25) is 14.9 Å². The maximum atomic E-state index is 12.6. The van der Waals surface area contributed by atoms with Crippen molar-refractivity contribution < 1.29 is 23.5 Å². The highest BCUT2D eigenvalue weighted by Crippen LogP contribution is 2.24. The summed E-state index contributed by atoms with van der Waals surface area (Å²) in [5.41, 5.74) is 0.145. The average Bonchev–Trinajstić information content (AvgIpc) is 2.97. The van der Waals surface area contributed by atoms with Crippen molar-refractivity contribution in [1.29, 1.82) is 0 Å². The van der Waals surface area contributed by atoms with E-state index in [1.54, 1.807) is 43.3 Å². The van der Waals surface area contributed by atoms with Gasteiger partial charge in [-0.05, 0) is 49.4 Å². The third-order valence-corrected chi connectivity index (χ3v) is 3.48. The van der Waals surface area contributed by atoms with E-state index in [0.717, 1.165) is 4.90 Å². The van der Waals surface area contributed by atoms with Gasteiger partial charge in [-0.2, -0.15) is 0 Å². The summed E-state index contributed by atoms with van der Waals surface area (Å²) < 4.78 is 10.4. The molecule has 0 bridgehead atoms. The highest BCUT2D eigenvalue weighted by Gasteiger charge is 2.37. The minimum absolute atomic E-state index is 0.181. The van der Waals surface area contributed by atoms with Gasteiger partial charge < -0.3 is 9.15 Å². The lowest BCUT2D eigenvalue weighted by molar-refractivity contribution is -0.122. The third-order valence-electron chi connectivity index (χ3n) is 3.48. The van der Waals surface area contributed by atoms with E-state index < -0.39 is 17.8 Å². The summed E-state index contributed by atoms with van der Waals surface area (Å²) >= 11 is 0. The zero-order valence-electron chi connectivity index (χ0n) is 13.0. The molecule has 0 unspecified atom stereocenters. The van der Waals surface area contributed by atoms with Crippen molar-refractivity contribution in [3.05, 3.63) is 53.5 Å². The van der Waals surface area contributed by atoms with Crippen molar-refractivity contribution in [2.75, 3.05) is 12.0 Å². The van der Waals surface area contributed by atoms with Crippen molar-refractivity contribution in [2.24, 2.45) is 0 Å². The molecule has 24 heavy (non-hydrogen) atoms. The van der Waals surface area contributed by atoms with Gasteiger partial charge in [0.15, 0.2) is 0 Å². The van der Waals surface area contributed by atoms with Gasteiger partial charge in [0.1, 0.15) is 22.8 Å². The second-order valence-corrected chi connectivity index (χ2v) is 5.10. The first-order valence-corrected chi connectivity index (χ1v) is 7.11. The normalized spacial score (nSPS) is 16.5. The fourth-order valence-electron chi connectivity index (χ4n) is 2.30. The molecule has 0 aliphatic carbocycles. The number of anilines is 1. The first-order chi connectivity index (χ1) is 11.5. The smallest absolute Gasteiger partial charge is 0.335 e.